The number of nitrogens with one attached hydrogen (secondary N) is 1. The maximum atomic E-state index is 13.6. The van der Waals surface area contributed by atoms with Crippen molar-refractivity contribution in [2.24, 2.45) is 11.8 Å². The van der Waals surface area contributed by atoms with Crippen LogP contribution in [-0.4, -0.2) is 59.4 Å². The third-order valence-corrected chi connectivity index (χ3v) is 7.69. The Balaban J connectivity index is 1.48. The van der Waals surface area contributed by atoms with Gasteiger partial charge in [0.25, 0.3) is 0 Å². The second-order valence-corrected chi connectivity index (χ2v) is 9.18. The zero-order valence-electron chi connectivity index (χ0n) is 15.9. The molecule has 3 amide bonds. The van der Waals surface area contributed by atoms with Crippen molar-refractivity contribution in [1.82, 2.24) is 9.80 Å². The van der Waals surface area contributed by atoms with Gasteiger partial charge in [-0.3, -0.25) is 24.2 Å². The predicted molar refractivity (Wildman–Crippen MR) is 104 cm³/mol. The smallest absolute Gasteiger partial charge is 0.250 e. The second kappa shape index (κ2) is 6.03. The zero-order chi connectivity index (χ0) is 19.9. The summed E-state index contributed by atoms with van der Waals surface area (Å²) in [5.74, 6) is -1.79. The minimum Gasteiger partial charge on any atom is -0.376 e. The van der Waals surface area contributed by atoms with Crippen LogP contribution >= 0.6 is 11.6 Å². The number of carbonyl (C=O) groups is 3. The molecular formula is C21H22ClN3O4. The normalized spacial score (nSPS) is 38.1. The molecule has 0 aliphatic carbocycles. The Morgan fingerprint density at radius 3 is 2.83 bits per heavy atom. The number of carbonyl (C=O) groups excluding carboxylic acids is 3. The highest BCUT2D eigenvalue weighted by Crippen LogP contribution is 2.60. The number of nitrogens with zero attached hydrogens (tertiary/aromatic N) is 2. The quantitative estimate of drug-likeness (QED) is 0.744. The average Bonchev–Trinajstić information content (AvgIpc) is 3.47. The van der Waals surface area contributed by atoms with Crippen molar-refractivity contribution >= 4 is 35.0 Å². The monoisotopic (exact) mass is 415 g/mol. The van der Waals surface area contributed by atoms with Gasteiger partial charge in [0.15, 0.2) is 0 Å². The first-order valence-corrected chi connectivity index (χ1v) is 10.8. The summed E-state index contributed by atoms with van der Waals surface area (Å²) >= 11 is 6.29. The summed E-state index contributed by atoms with van der Waals surface area (Å²) in [5, 5.41) is 3.48. The summed E-state index contributed by atoms with van der Waals surface area (Å²) in [5.41, 5.74) is 0.266. The number of rotatable bonds is 2. The number of imide groups is 1. The molecule has 0 aromatic heterocycles. The summed E-state index contributed by atoms with van der Waals surface area (Å²) in [6.07, 6.45) is 3.43. The lowest BCUT2D eigenvalue weighted by atomic mass is 9.75. The minimum absolute atomic E-state index is 0.0957. The Labute approximate surface area is 173 Å². The predicted octanol–water partition coefficient (Wildman–Crippen LogP) is 1.75. The van der Waals surface area contributed by atoms with E-state index < -0.39 is 17.4 Å². The number of fused-ring (bicyclic) bond motifs is 7. The van der Waals surface area contributed by atoms with E-state index in [4.69, 9.17) is 16.3 Å². The molecule has 5 atom stereocenters. The number of halogens is 1. The molecule has 5 aliphatic rings. The third-order valence-electron chi connectivity index (χ3n) is 7.46. The Morgan fingerprint density at radius 2 is 2.03 bits per heavy atom. The summed E-state index contributed by atoms with van der Waals surface area (Å²) in [6, 6.07) is 5.21. The Hall–Kier alpha value is -1.96. The van der Waals surface area contributed by atoms with Gasteiger partial charge in [0.2, 0.25) is 17.7 Å². The van der Waals surface area contributed by atoms with Gasteiger partial charge in [-0.1, -0.05) is 11.6 Å². The maximum absolute atomic E-state index is 13.6. The van der Waals surface area contributed by atoms with E-state index >= 15 is 0 Å². The Morgan fingerprint density at radius 1 is 1.17 bits per heavy atom. The first-order chi connectivity index (χ1) is 14.0. The minimum atomic E-state index is -1.15. The van der Waals surface area contributed by atoms with Gasteiger partial charge in [-0.15, -0.1) is 0 Å². The van der Waals surface area contributed by atoms with Crippen molar-refractivity contribution < 1.29 is 19.1 Å². The van der Waals surface area contributed by atoms with Gasteiger partial charge in [-0.05, 0) is 50.4 Å². The van der Waals surface area contributed by atoms with E-state index in [0.29, 0.717) is 23.9 Å². The fourth-order valence-electron chi connectivity index (χ4n) is 6.41. The highest BCUT2D eigenvalue weighted by molar-refractivity contribution is 6.31. The molecule has 1 spiro atoms. The van der Waals surface area contributed by atoms with Gasteiger partial charge in [0.1, 0.15) is 5.54 Å². The van der Waals surface area contributed by atoms with Crippen molar-refractivity contribution in [3.8, 4) is 0 Å². The van der Waals surface area contributed by atoms with Gasteiger partial charge in [0, 0.05) is 28.9 Å². The van der Waals surface area contributed by atoms with Crippen molar-refractivity contribution in [2.45, 2.75) is 43.4 Å². The Bertz CT molecular complexity index is 946. The van der Waals surface area contributed by atoms with Crippen LogP contribution in [0.4, 0.5) is 5.69 Å². The lowest BCUT2D eigenvalue weighted by Gasteiger charge is -2.36. The molecule has 0 bridgehead atoms. The highest BCUT2D eigenvalue weighted by atomic mass is 35.5. The molecule has 1 aromatic rings. The molecule has 6 rings (SSSR count). The van der Waals surface area contributed by atoms with E-state index in [1.54, 1.807) is 18.2 Å². The van der Waals surface area contributed by atoms with Crippen LogP contribution in [0, 0.1) is 11.8 Å². The number of likely N-dealkylation sites (tertiary alicyclic amines) is 1. The number of hydrogen-bond acceptors (Lipinski definition) is 5. The maximum Gasteiger partial charge on any atom is 0.250 e. The van der Waals surface area contributed by atoms with E-state index in [1.165, 1.54) is 4.90 Å². The molecular weight excluding hydrogens is 394 g/mol. The van der Waals surface area contributed by atoms with Gasteiger partial charge in [-0.25, -0.2) is 0 Å². The number of hydrogen-bond donors (Lipinski definition) is 1. The molecule has 0 unspecified atom stereocenters. The van der Waals surface area contributed by atoms with E-state index in [-0.39, 0.29) is 36.4 Å². The number of anilines is 1. The highest BCUT2D eigenvalue weighted by Gasteiger charge is 2.74. The van der Waals surface area contributed by atoms with Crippen molar-refractivity contribution in [1.29, 1.82) is 0 Å². The zero-order valence-corrected chi connectivity index (χ0v) is 16.7. The van der Waals surface area contributed by atoms with Gasteiger partial charge in [0.05, 0.1) is 24.5 Å². The first-order valence-electron chi connectivity index (χ1n) is 10.4. The average molecular weight is 416 g/mol. The molecule has 1 aromatic carbocycles. The van der Waals surface area contributed by atoms with E-state index in [9.17, 15) is 14.4 Å². The molecule has 8 heteroatoms. The first kappa shape index (κ1) is 17.9. The van der Waals surface area contributed by atoms with Crippen LogP contribution in [0.3, 0.4) is 0 Å². The molecule has 0 saturated carbocycles. The van der Waals surface area contributed by atoms with Crippen molar-refractivity contribution in [2.75, 3.05) is 25.0 Å². The fourth-order valence-corrected chi connectivity index (χ4v) is 6.58. The van der Waals surface area contributed by atoms with Crippen LogP contribution in [0.1, 0.15) is 31.2 Å². The number of ether oxygens (including phenoxy) is 1. The van der Waals surface area contributed by atoms with Crippen molar-refractivity contribution in [3.05, 3.63) is 28.8 Å². The van der Waals surface area contributed by atoms with Gasteiger partial charge >= 0.3 is 0 Å². The summed E-state index contributed by atoms with van der Waals surface area (Å²) < 4.78 is 5.68. The standard InChI is InChI=1S/C21H22ClN3O4/c22-11-5-6-14-13(9-11)21(20(28)23-14)17-16(15-4-1-7-25(15)21)18(26)24(19(17)27)10-12-3-2-8-29-12/h5-6,9,12,15-17H,1-4,7-8,10H2,(H,23,28)/t12-,15-,16+,17-,21-/m0/s1. The Kier molecular flexibility index (Phi) is 3.71. The molecule has 5 aliphatic heterocycles. The van der Waals surface area contributed by atoms with E-state index in [0.717, 1.165) is 31.2 Å². The van der Waals surface area contributed by atoms with Crippen LogP contribution in [0.15, 0.2) is 18.2 Å². The second-order valence-electron chi connectivity index (χ2n) is 8.74. The topological polar surface area (TPSA) is 78.9 Å². The molecule has 7 nitrogen and oxygen atoms in total. The molecule has 5 heterocycles. The number of benzene rings is 1. The van der Waals surface area contributed by atoms with Crippen LogP contribution < -0.4 is 5.32 Å². The van der Waals surface area contributed by atoms with E-state index in [2.05, 4.69) is 10.2 Å². The van der Waals surface area contributed by atoms with Crippen LogP contribution in [0.2, 0.25) is 5.02 Å². The molecule has 1 N–H and O–H groups in total. The molecule has 29 heavy (non-hydrogen) atoms. The fraction of sp³-hybridized carbons (Fsp3) is 0.571. The largest absolute Gasteiger partial charge is 0.376 e. The lowest BCUT2D eigenvalue weighted by Crippen LogP contribution is -2.54. The third kappa shape index (κ3) is 2.13. The van der Waals surface area contributed by atoms with Crippen LogP contribution in [-0.2, 0) is 24.7 Å². The van der Waals surface area contributed by atoms with E-state index in [1.807, 2.05) is 0 Å². The molecule has 152 valence electrons. The molecule has 4 fully saturated rings. The SMILES string of the molecule is O=C1[C@H]2[C@@H](C(=O)N1C[C@@H]1CCCO1)[C@@]1(C(=O)Nc3ccc(Cl)cc31)N1CCC[C@@H]21. The lowest BCUT2D eigenvalue weighted by molar-refractivity contribution is -0.147. The molecule has 0 radical (unpaired) electrons. The van der Waals surface area contributed by atoms with Gasteiger partial charge in [-0.2, -0.15) is 0 Å². The van der Waals surface area contributed by atoms with Crippen LogP contribution in [0.5, 0.6) is 0 Å². The summed E-state index contributed by atoms with van der Waals surface area (Å²) in [7, 11) is 0. The van der Waals surface area contributed by atoms with Crippen LogP contribution in [0.25, 0.3) is 0 Å². The summed E-state index contributed by atoms with van der Waals surface area (Å²) in [4.78, 5) is 44.0. The van der Waals surface area contributed by atoms with Gasteiger partial charge < -0.3 is 10.1 Å². The number of amides is 3. The molecule has 4 saturated heterocycles. The summed E-state index contributed by atoms with van der Waals surface area (Å²) in [6.45, 7) is 1.66. The van der Waals surface area contributed by atoms with Crippen molar-refractivity contribution in [3.63, 3.8) is 0 Å².